The molecule has 0 unspecified atom stereocenters. The molecule has 0 fully saturated rings. The van der Waals surface area contributed by atoms with E-state index in [4.69, 9.17) is 0 Å². The van der Waals surface area contributed by atoms with Gasteiger partial charge in [0.05, 0.1) is 0 Å². The van der Waals surface area contributed by atoms with E-state index in [1.54, 1.807) is 0 Å². The summed E-state index contributed by atoms with van der Waals surface area (Å²) in [6.07, 6.45) is 0. The summed E-state index contributed by atoms with van der Waals surface area (Å²) < 4.78 is 95.3. The van der Waals surface area contributed by atoms with Crippen LogP contribution in [0.4, 0.5) is 30.7 Å². The van der Waals surface area contributed by atoms with Crippen LogP contribution in [-0.2, 0) is 0 Å². The molecule has 0 aromatic heterocycles. The molecule has 0 spiro atoms. The van der Waals surface area contributed by atoms with Crippen molar-refractivity contribution in [2.75, 3.05) is 0 Å². The third kappa shape index (κ3) is 2.73. The summed E-state index contributed by atoms with van der Waals surface area (Å²) >= 11 is 0. The van der Waals surface area contributed by atoms with Gasteiger partial charge in [0.1, 0.15) is 0 Å². The maximum absolute atomic E-state index is 13.3. The molecule has 1 N–H and O–H groups in total. The fourth-order valence-corrected chi connectivity index (χ4v) is 1.53. The maximum Gasteiger partial charge on any atom is 0.560 e. The van der Waals surface area contributed by atoms with Crippen LogP contribution in [0.2, 0.25) is 0 Å². The molecule has 2 aromatic rings. The van der Waals surface area contributed by atoms with Crippen molar-refractivity contribution in [1.82, 2.24) is 0 Å². The molecule has 10 heteroatoms. The Morgan fingerprint density at radius 1 is 0.727 bits per heavy atom. The van der Waals surface area contributed by atoms with Crippen LogP contribution in [-0.4, -0.2) is 12.1 Å². The van der Waals surface area contributed by atoms with Gasteiger partial charge in [-0.3, -0.25) is 0 Å². The lowest BCUT2D eigenvalue weighted by atomic mass is 9.79. The van der Waals surface area contributed by atoms with Crippen LogP contribution in [0.1, 0.15) is 0 Å². The molecule has 0 bridgehead atoms. The van der Waals surface area contributed by atoms with Crippen molar-refractivity contribution in [3.8, 4) is 5.75 Å². The predicted molar refractivity (Wildman–Crippen MR) is 60.8 cm³/mol. The Morgan fingerprint density at radius 2 is 1.23 bits per heavy atom. The van der Waals surface area contributed by atoms with Crippen molar-refractivity contribution in [2.24, 2.45) is 0 Å². The van der Waals surface area contributed by atoms with Gasteiger partial charge in [0.2, 0.25) is 29.1 Å². The van der Waals surface area contributed by atoms with Gasteiger partial charge in [0, 0.05) is 0 Å². The lowest BCUT2D eigenvalue weighted by molar-refractivity contribution is 0.333. The van der Waals surface area contributed by atoms with Gasteiger partial charge in [-0.1, -0.05) is 6.07 Å². The molecule has 0 aliphatic rings. The van der Waals surface area contributed by atoms with Crippen molar-refractivity contribution in [3.05, 3.63) is 58.9 Å². The first-order valence-corrected chi connectivity index (χ1v) is 5.55. The van der Waals surface area contributed by atoms with Gasteiger partial charge < -0.3 is 9.68 Å². The van der Waals surface area contributed by atoms with Crippen LogP contribution in [0.25, 0.3) is 0 Å². The minimum Gasteiger partial charge on any atom is -0.528 e. The van der Waals surface area contributed by atoms with E-state index in [1.165, 1.54) is 0 Å². The van der Waals surface area contributed by atoms with Gasteiger partial charge in [0.25, 0.3) is 0 Å². The molecule has 0 aliphatic heterocycles. The Balaban J connectivity index is 2.40. The normalized spacial score (nSPS) is 10.7. The third-order valence-corrected chi connectivity index (χ3v) is 2.63. The predicted octanol–water partition coefficient (Wildman–Crippen LogP) is 2.43. The fourth-order valence-electron chi connectivity index (χ4n) is 1.53. The van der Waals surface area contributed by atoms with Crippen molar-refractivity contribution < 1.29 is 40.4 Å². The Labute approximate surface area is 118 Å². The molecule has 116 valence electrons. The Hall–Kier alpha value is -2.23. The average molecular weight is 324 g/mol. The van der Waals surface area contributed by atoms with E-state index >= 15 is 0 Å². The van der Waals surface area contributed by atoms with E-state index in [-0.39, 0.29) is 0 Å². The zero-order chi connectivity index (χ0) is 16.6. The molecular formula is C12H4BF7O2. The molecule has 0 heterocycles. The summed E-state index contributed by atoms with van der Waals surface area (Å²) in [4.78, 5) is 0. The monoisotopic (exact) mass is 324 g/mol. The van der Waals surface area contributed by atoms with Crippen LogP contribution in [0.5, 0.6) is 5.75 Å². The van der Waals surface area contributed by atoms with E-state index in [9.17, 15) is 35.8 Å². The minimum atomic E-state index is -2.40. The fraction of sp³-hybridized carbons (Fsp3) is 0. The smallest absolute Gasteiger partial charge is 0.528 e. The van der Waals surface area contributed by atoms with Crippen LogP contribution in [0, 0.1) is 40.7 Å². The summed E-state index contributed by atoms with van der Waals surface area (Å²) in [5, 5.41) is 9.51. The minimum absolute atomic E-state index is 0.437. The zero-order valence-electron chi connectivity index (χ0n) is 10.3. The molecule has 0 aliphatic carbocycles. The standard InChI is InChI=1S/C12H4BF7O2/c14-5-2-1-4(3-6(5)15)13(21)22-12-10(19)8(17)7(16)9(18)11(12)20/h1-3,21H. The first-order valence-electron chi connectivity index (χ1n) is 5.55. The second kappa shape index (κ2) is 5.88. The first kappa shape index (κ1) is 16.2. The van der Waals surface area contributed by atoms with Gasteiger partial charge in [-0.15, -0.1) is 0 Å². The van der Waals surface area contributed by atoms with Crippen LogP contribution in [0.3, 0.4) is 0 Å². The van der Waals surface area contributed by atoms with Crippen LogP contribution in [0.15, 0.2) is 18.2 Å². The Bertz CT molecular complexity index is 709. The first-order chi connectivity index (χ1) is 10.2. The van der Waals surface area contributed by atoms with E-state index in [1.807, 2.05) is 0 Å². The molecule has 2 rings (SSSR count). The number of hydrogen-bond donors (Lipinski definition) is 1. The van der Waals surface area contributed by atoms with E-state index < -0.39 is 59.1 Å². The second-order valence-electron chi connectivity index (χ2n) is 4.04. The second-order valence-corrected chi connectivity index (χ2v) is 4.04. The lowest BCUT2D eigenvalue weighted by Gasteiger charge is -2.13. The molecule has 2 nitrogen and oxygen atoms in total. The topological polar surface area (TPSA) is 29.5 Å². The van der Waals surface area contributed by atoms with Gasteiger partial charge in [-0.05, 0) is 17.6 Å². The summed E-state index contributed by atoms with van der Waals surface area (Å²) in [6, 6.07) is 1.82. The molecule has 0 radical (unpaired) electrons. The van der Waals surface area contributed by atoms with Crippen LogP contribution >= 0.6 is 0 Å². The summed E-state index contributed by atoms with van der Waals surface area (Å²) in [6.45, 7) is 0. The number of rotatable bonds is 3. The average Bonchev–Trinajstić information content (AvgIpc) is 2.50. The highest BCUT2D eigenvalue weighted by atomic mass is 19.2. The summed E-state index contributed by atoms with van der Waals surface area (Å²) in [7, 11) is -2.29. The molecular weight excluding hydrogens is 320 g/mol. The van der Waals surface area contributed by atoms with Crippen molar-refractivity contribution >= 4 is 12.6 Å². The molecule has 0 saturated heterocycles. The Kier molecular flexibility index (Phi) is 4.31. The highest BCUT2D eigenvalue weighted by Gasteiger charge is 2.31. The number of halogens is 7. The van der Waals surface area contributed by atoms with Crippen LogP contribution < -0.4 is 10.1 Å². The SMILES string of the molecule is OB(Oc1c(F)c(F)c(F)c(F)c1F)c1ccc(F)c(F)c1. The highest BCUT2D eigenvalue weighted by molar-refractivity contribution is 6.60. The summed E-state index contributed by atoms with van der Waals surface area (Å²) in [5.41, 5.74) is -0.497. The van der Waals surface area contributed by atoms with Gasteiger partial charge in [-0.25, -0.2) is 22.0 Å². The van der Waals surface area contributed by atoms with Gasteiger partial charge in [0.15, 0.2) is 17.4 Å². The molecule has 0 saturated carbocycles. The lowest BCUT2D eigenvalue weighted by Crippen LogP contribution is -2.37. The number of benzene rings is 2. The molecule has 2 aromatic carbocycles. The van der Waals surface area contributed by atoms with Gasteiger partial charge in [-0.2, -0.15) is 8.78 Å². The molecule has 0 atom stereocenters. The number of hydrogen-bond acceptors (Lipinski definition) is 2. The Morgan fingerprint density at radius 3 is 1.73 bits per heavy atom. The van der Waals surface area contributed by atoms with E-state index in [0.29, 0.717) is 12.1 Å². The molecule has 22 heavy (non-hydrogen) atoms. The maximum atomic E-state index is 13.3. The third-order valence-electron chi connectivity index (χ3n) is 2.63. The van der Waals surface area contributed by atoms with Crippen molar-refractivity contribution in [2.45, 2.75) is 0 Å². The summed E-state index contributed by atoms with van der Waals surface area (Å²) in [5.74, 6) is -16.0. The van der Waals surface area contributed by atoms with Crippen molar-refractivity contribution in [3.63, 3.8) is 0 Å². The highest BCUT2D eigenvalue weighted by Crippen LogP contribution is 2.29. The zero-order valence-corrected chi connectivity index (χ0v) is 10.3. The molecule has 0 amide bonds. The largest absolute Gasteiger partial charge is 0.560 e. The van der Waals surface area contributed by atoms with Gasteiger partial charge >= 0.3 is 7.12 Å². The van der Waals surface area contributed by atoms with Crippen molar-refractivity contribution in [1.29, 1.82) is 0 Å². The van der Waals surface area contributed by atoms with E-state index in [2.05, 4.69) is 4.65 Å². The quantitative estimate of drug-likeness (QED) is 0.407. The van der Waals surface area contributed by atoms with E-state index in [0.717, 1.165) is 6.07 Å².